The molecule has 2 aromatic heterocycles. The maximum atomic E-state index is 13.7. The van der Waals surface area contributed by atoms with Crippen molar-refractivity contribution in [3.05, 3.63) is 72.1 Å². The fraction of sp³-hybridized carbons (Fsp3) is 0.290. The third kappa shape index (κ3) is 8.47. The minimum absolute atomic E-state index is 0.0579. The van der Waals surface area contributed by atoms with Crippen molar-refractivity contribution < 1.29 is 39.0 Å². The number of nitrogens with one attached hydrogen (secondary N) is 5. The molecule has 4 rings (SSSR count). The third-order valence-electron chi connectivity index (χ3n) is 7.49. The van der Waals surface area contributed by atoms with Crippen molar-refractivity contribution >= 4 is 57.4 Å². The number of carboxylic acids is 2. The number of fused-ring (bicyclic) bond motifs is 2. The molecular formula is C31H35N7O8. The zero-order chi connectivity index (χ0) is 33.4. The molecule has 4 unspecified atom stereocenters. The van der Waals surface area contributed by atoms with Crippen molar-refractivity contribution in [2.45, 2.75) is 56.3 Å². The molecule has 4 atom stereocenters. The van der Waals surface area contributed by atoms with Crippen LogP contribution in [0.1, 0.15) is 30.4 Å². The van der Waals surface area contributed by atoms with E-state index in [1.807, 2.05) is 42.5 Å². The Kier molecular flexibility index (Phi) is 10.7. The molecule has 0 aliphatic rings. The summed E-state index contributed by atoms with van der Waals surface area (Å²) in [5.74, 6) is -6.06. The second-order valence-corrected chi connectivity index (χ2v) is 10.9. The average molecular weight is 634 g/mol. The van der Waals surface area contributed by atoms with Crippen LogP contribution in [0.3, 0.4) is 0 Å². The molecule has 0 aliphatic carbocycles. The van der Waals surface area contributed by atoms with Gasteiger partial charge < -0.3 is 47.6 Å². The number of nitrogens with two attached hydrogens (primary N) is 2. The first-order valence-electron chi connectivity index (χ1n) is 14.4. The van der Waals surface area contributed by atoms with Gasteiger partial charge in [0.2, 0.25) is 23.6 Å². The molecule has 0 radical (unpaired) electrons. The quantitative estimate of drug-likeness (QED) is 0.0805. The molecule has 15 nitrogen and oxygen atoms in total. The molecule has 0 spiro atoms. The van der Waals surface area contributed by atoms with E-state index in [0.717, 1.165) is 21.8 Å². The Balaban J connectivity index is 1.59. The van der Waals surface area contributed by atoms with E-state index in [0.29, 0.717) is 11.1 Å². The number of hydrogen-bond acceptors (Lipinski definition) is 7. The third-order valence-corrected chi connectivity index (χ3v) is 7.49. The summed E-state index contributed by atoms with van der Waals surface area (Å²) in [7, 11) is 0. The lowest BCUT2D eigenvalue weighted by Gasteiger charge is -2.25. The van der Waals surface area contributed by atoms with Crippen molar-refractivity contribution in [2.24, 2.45) is 11.5 Å². The highest BCUT2D eigenvalue weighted by Gasteiger charge is 2.32. The Morgan fingerprint density at radius 3 is 1.70 bits per heavy atom. The summed E-state index contributed by atoms with van der Waals surface area (Å²) in [6.45, 7) is 0. The lowest BCUT2D eigenvalue weighted by atomic mass is 10.0. The summed E-state index contributed by atoms with van der Waals surface area (Å²) in [6, 6.07) is 8.94. The Bertz CT molecular complexity index is 1760. The first-order chi connectivity index (χ1) is 21.9. The maximum Gasteiger partial charge on any atom is 0.326 e. The molecule has 242 valence electrons. The van der Waals surface area contributed by atoms with E-state index in [9.17, 15) is 33.9 Å². The van der Waals surface area contributed by atoms with E-state index in [1.54, 1.807) is 18.5 Å². The standard InChI is InChI=1S/C31H35N7O8/c32-20(13-27(40)41)28(42)36-23(9-10-26(33)39)29(43)37-24(11-16-14-34-21-7-3-1-5-18(16)21)30(44)38-25(31(45)46)12-17-15-35-22-8-4-2-6-19(17)22/h1-8,14-15,20,23-25,34-35H,9-13,32H2,(H2,33,39)(H,36,42)(H,37,43)(H,38,44)(H,40,41)(H,45,46). The second kappa shape index (κ2) is 14.9. The van der Waals surface area contributed by atoms with Gasteiger partial charge >= 0.3 is 11.9 Å². The Hall–Kier alpha value is -5.70. The van der Waals surface area contributed by atoms with E-state index in [2.05, 4.69) is 25.9 Å². The highest BCUT2D eigenvalue weighted by molar-refractivity contribution is 5.96. The number of para-hydroxylation sites is 2. The number of carboxylic acid groups (broad SMARTS) is 2. The first kappa shape index (κ1) is 33.2. The molecule has 0 saturated heterocycles. The van der Waals surface area contributed by atoms with Crippen molar-refractivity contribution in [1.82, 2.24) is 25.9 Å². The Labute approximate surface area is 262 Å². The number of benzene rings is 2. The Morgan fingerprint density at radius 1 is 0.696 bits per heavy atom. The predicted molar refractivity (Wildman–Crippen MR) is 166 cm³/mol. The van der Waals surface area contributed by atoms with E-state index in [-0.39, 0.29) is 25.7 Å². The van der Waals surface area contributed by atoms with Gasteiger partial charge in [0.15, 0.2) is 0 Å². The average Bonchev–Trinajstić information content (AvgIpc) is 3.61. The fourth-order valence-corrected chi connectivity index (χ4v) is 5.11. The van der Waals surface area contributed by atoms with Crippen molar-refractivity contribution in [2.75, 3.05) is 0 Å². The largest absolute Gasteiger partial charge is 0.481 e. The lowest BCUT2D eigenvalue weighted by Crippen LogP contribution is -2.58. The van der Waals surface area contributed by atoms with Crippen molar-refractivity contribution in [3.8, 4) is 0 Å². The van der Waals surface area contributed by atoms with Gasteiger partial charge in [0.05, 0.1) is 12.5 Å². The van der Waals surface area contributed by atoms with Gasteiger partial charge in [-0.3, -0.25) is 24.0 Å². The van der Waals surface area contributed by atoms with Gasteiger partial charge in [0.1, 0.15) is 18.1 Å². The van der Waals surface area contributed by atoms with E-state index in [4.69, 9.17) is 16.6 Å². The highest BCUT2D eigenvalue weighted by atomic mass is 16.4. The van der Waals surface area contributed by atoms with Crippen LogP contribution in [0.25, 0.3) is 21.8 Å². The van der Waals surface area contributed by atoms with Gasteiger partial charge in [0, 0.05) is 53.5 Å². The predicted octanol–water partition coefficient (Wildman–Crippen LogP) is 0.0409. The lowest BCUT2D eigenvalue weighted by molar-refractivity contribution is -0.142. The monoisotopic (exact) mass is 633 g/mol. The molecule has 15 heteroatoms. The number of aliphatic carboxylic acids is 2. The topological polar surface area (TPSA) is 263 Å². The van der Waals surface area contributed by atoms with Crippen LogP contribution >= 0.6 is 0 Å². The van der Waals surface area contributed by atoms with Gasteiger partial charge in [-0.25, -0.2) is 4.79 Å². The number of H-pyrrole nitrogens is 2. The molecule has 0 fully saturated rings. The summed E-state index contributed by atoms with van der Waals surface area (Å²) < 4.78 is 0. The second-order valence-electron chi connectivity index (χ2n) is 10.9. The van der Waals surface area contributed by atoms with E-state index in [1.165, 1.54) is 0 Å². The van der Waals surface area contributed by atoms with Gasteiger partial charge in [0.25, 0.3) is 0 Å². The van der Waals surface area contributed by atoms with Gasteiger partial charge in [-0.05, 0) is 29.7 Å². The summed E-state index contributed by atoms with van der Waals surface area (Å²) in [5.41, 5.74) is 13.8. The van der Waals surface area contributed by atoms with Crippen LogP contribution in [0, 0.1) is 0 Å². The van der Waals surface area contributed by atoms with Gasteiger partial charge in [-0.2, -0.15) is 0 Å². The number of carbonyl (C=O) groups is 6. The summed E-state index contributed by atoms with van der Waals surface area (Å²) >= 11 is 0. The van der Waals surface area contributed by atoms with Crippen LogP contribution in [0.5, 0.6) is 0 Å². The van der Waals surface area contributed by atoms with Crippen molar-refractivity contribution in [3.63, 3.8) is 0 Å². The molecule has 0 aliphatic heterocycles. The van der Waals surface area contributed by atoms with Crippen LogP contribution in [0.4, 0.5) is 0 Å². The SMILES string of the molecule is NC(=O)CCC(NC(=O)C(N)CC(=O)O)C(=O)NC(Cc1c[nH]c2ccccc12)C(=O)NC(Cc1c[nH]c2ccccc12)C(=O)O. The molecule has 2 aromatic carbocycles. The fourth-order valence-electron chi connectivity index (χ4n) is 5.11. The number of rotatable bonds is 16. The maximum absolute atomic E-state index is 13.7. The van der Waals surface area contributed by atoms with Crippen LogP contribution in [0.2, 0.25) is 0 Å². The molecule has 0 bridgehead atoms. The van der Waals surface area contributed by atoms with Crippen LogP contribution in [0.15, 0.2) is 60.9 Å². The molecule has 4 aromatic rings. The summed E-state index contributed by atoms with van der Waals surface area (Å²) in [6.07, 6.45) is 1.89. The first-order valence-corrected chi connectivity index (χ1v) is 14.4. The molecule has 2 heterocycles. The molecule has 46 heavy (non-hydrogen) atoms. The molecule has 4 amide bonds. The van der Waals surface area contributed by atoms with Crippen LogP contribution < -0.4 is 27.4 Å². The normalized spacial score (nSPS) is 13.8. The zero-order valence-electron chi connectivity index (χ0n) is 24.6. The van der Waals surface area contributed by atoms with Crippen LogP contribution in [-0.2, 0) is 41.6 Å². The van der Waals surface area contributed by atoms with Gasteiger partial charge in [-0.1, -0.05) is 36.4 Å². The number of amides is 4. The minimum atomic E-state index is -1.49. The molecule has 11 N–H and O–H groups in total. The number of primary amides is 1. The zero-order valence-corrected chi connectivity index (χ0v) is 24.6. The number of aromatic nitrogens is 2. The smallest absolute Gasteiger partial charge is 0.326 e. The summed E-state index contributed by atoms with van der Waals surface area (Å²) in [4.78, 5) is 80.8. The van der Waals surface area contributed by atoms with Gasteiger partial charge in [-0.15, -0.1) is 0 Å². The Morgan fingerprint density at radius 2 is 1.17 bits per heavy atom. The minimum Gasteiger partial charge on any atom is -0.481 e. The van der Waals surface area contributed by atoms with E-state index >= 15 is 0 Å². The molecule has 0 saturated carbocycles. The highest BCUT2D eigenvalue weighted by Crippen LogP contribution is 2.21. The molecular weight excluding hydrogens is 598 g/mol. The number of hydrogen-bond donors (Lipinski definition) is 9. The van der Waals surface area contributed by atoms with Crippen LogP contribution in [-0.4, -0.2) is 79.9 Å². The number of carbonyl (C=O) groups excluding carboxylic acids is 4. The number of aromatic amines is 2. The summed E-state index contributed by atoms with van der Waals surface area (Å²) in [5, 5.41) is 28.0. The van der Waals surface area contributed by atoms with E-state index < -0.39 is 66.2 Å². The van der Waals surface area contributed by atoms with Crippen molar-refractivity contribution in [1.29, 1.82) is 0 Å².